The molecule has 1 heterocycles. The second-order valence-corrected chi connectivity index (χ2v) is 4.07. The molecule has 0 aromatic rings. The molecule has 0 bridgehead atoms. The molecule has 2 atom stereocenters. The number of carbonyl (C=O) groups is 1. The van der Waals surface area contributed by atoms with E-state index in [1.807, 2.05) is 0 Å². The molecule has 1 aliphatic rings. The minimum atomic E-state index is -0.859. The van der Waals surface area contributed by atoms with Gasteiger partial charge in [-0.2, -0.15) is 0 Å². The van der Waals surface area contributed by atoms with Crippen LogP contribution in [0.1, 0.15) is 33.1 Å². The van der Waals surface area contributed by atoms with E-state index >= 15 is 0 Å². The Morgan fingerprint density at radius 3 is 2.50 bits per heavy atom. The summed E-state index contributed by atoms with van der Waals surface area (Å²) >= 11 is 0. The molecule has 1 fully saturated rings. The Bertz CT molecular complexity index is 215. The van der Waals surface area contributed by atoms with Gasteiger partial charge in [-0.3, -0.25) is 4.90 Å². The van der Waals surface area contributed by atoms with Gasteiger partial charge >= 0.3 is 5.97 Å². The molecule has 80 valence electrons. The molecule has 0 saturated carbocycles. The highest BCUT2D eigenvalue weighted by atomic mass is 16.4. The largest absolute Gasteiger partial charge is 0.478 e. The smallest absolute Gasteiger partial charge is 0.328 e. The molecule has 1 saturated heterocycles. The van der Waals surface area contributed by atoms with Crippen molar-refractivity contribution in [3.63, 3.8) is 0 Å². The van der Waals surface area contributed by atoms with Crippen molar-refractivity contribution >= 4 is 5.97 Å². The third-order valence-corrected chi connectivity index (χ3v) is 2.95. The Balaban J connectivity index is 2.44. The lowest BCUT2D eigenvalue weighted by atomic mass is 9.98. The summed E-state index contributed by atoms with van der Waals surface area (Å²) in [5.74, 6) is -0.859. The summed E-state index contributed by atoms with van der Waals surface area (Å²) < 4.78 is 0. The summed E-state index contributed by atoms with van der Waals surface area (Å²) in [7, 11) is 0. The molecular formula is C11H19NO2. The number of nitrogens with zero attached hydrogens (tertiary/aromatic N) is 1. The van der Waals surface area contributed by atoms with E-state index in [1.54, 1.807) is 6.08 Å². The number of carboxylic acid groups (broad SMARTS) is 1. The van der Waals surface area contributed by atoms with Gasteiger partial charge in [-0.05, 0) is 26.7 Å². The van der Waals surface area contributed by atoms with E-state index in [0.29, 0.717) is 12.1 Å². The van der Waals surface area contributed by atoms with Gasteiger partial charge in [0.05, 0.1) is 0 Å². The van der Waals surface area contributed by atoms with E-state index in [-0.39, 0.29) is 0 Å². The van der Waals surface area contributed by atoms with Crippen molar-refractivity contribution in [3.05, 3.63) is 12.2 Å². The molecule has 0 amide bonds. The van der Waals surface area contributed by atoms with Gasteiger partial charge in [0.25, 0.3) is 0 Å². The minimum absolute atomic E-state index is 0.581. The van der Waals surface area contributed by atoms with E-state index in [4.69, 9.17) is 5.11 Å². The number of rotatable bonds is 3. The maximum atomic E-state index is 10.3. The third-order valence-electron chi connectivity index (χ3n) is 2.95. The van der Waals surface area contributed by atoms with E-state index in [0.717, 1.165) is 6.54 Å². The molecule has 1 aliphatic heterocycles. The Labute approximate surface area is 85.4 Å². The summed E-state index contributed by atoms with van der Waals surface area (Å²) in [5.41, 5.74) is 0. The molecule has 1 N–H and O–H groups in total. The van der Waals surface area contributed by atoms with Crippen molar-refractivity contribution in [2.24, 2.45) is 0 Å². The van der Waals surface area contributed by atoms with Crippen LogP contribution in [0.15, 0.2) is 12.2 Å². The number of piperidine rings is 1. The summed E-state index contributed by atoms with van der Waals surface area (Å²) in [6.07, 6.45) is 6.71. The Kier molecular flexibility index (Phi) is 4.14. The Morgan fingerprint density at radius 1 is 1.43 bits per heavy atom. The molecule has 14 heavy (non-hydrogen) atoms. The minimum Gasteiger partial charge on any atom is -0.478 e. The Hall–Kier alpha value is -0.830. The summed E-state index contributed by atoms with van der Waals surface area (Å²) in [4.78, 5) is 12.7. The molecule has 0 radical (unpaired) electrons. The second-order valence-electron chi connectivity index (χ2n) is 4.07. The summed E-state index contributed by atoms with van der Waals surface area (Å²) in [6.45, 7) is 5.18. The standard InChI is InChI=1S/C11H19NO2/c1-9-5-3-6-10(2)12(9)8-4-7-11(13)14/h4,7,9-10H,3,5-6,8H2,1-2H3,(H,13,14)/b7-4+/t9-,10+. The van der Waals surface area contributed by atoms with Gasteiger partial charge < -0.3 is 5.11 Å². The van der Waals surface area contributed by atoms with Crippen molar-refractivity contribution in [2.75, 3.05) is 6.54 Å². The fourth-order valence-corrected chi connectivity index (χ4v) is 2.11. The van der Waals surface area contributed by atoms with Gasteiger partial charge in [0.1, 0.15) is 0 Å². The molecule has 0 spiro atoms. The van der Waals surface area contributed by atoms with Crippen molar-refractivity contribution in [1.29, 1.82) is 0 Å². The Morgan fingerprint density at radius 2 is 2.00 bits per heavy atom. The molecule has 3 nitrogen and oxygen atoms in total. The van der Waals surface area contributed by atoms with Crippen LogP contribution in [-0.2, 0) is 4.79 Å². The van der Waals surface area contributed by atoms with Crippen molar-refractivity contribution in [3.8, 4) is 0 Å². The maximum Gasteiger partial charge on any atom is 0.328 e. The molecule has 0 aromatic heterocycles. The number of hydrogen-bond donors (Lipinski definition) is 1. The van der Waals surface area contributed by atoms with Gasteiger partial charge in [0, 0.05) is 24.7 Å². The molecule has 0 aromatic carbocycles. The molecule has 1 rings (SSSR count). The summed E-state index contributed by atoms with van der Waals surface area (Å²) in [6, 6.07) is 1.16. The number of aliphatic carboxylic acids is 1. The van der Waals surface area contributed by atoms with Gasteiger partial charge in [-0.25, -0.2) is 4.79 Å². The van der Waals surface area contributed by atoms with E-state index in [2.05, 4.69) is 18.7 Å². The van der Waals surface area contributed by atoms with Crippen LogP contribution in [0.3, 0.4) is 0 Å². The third kappa shape index (κ3) is 3.14. The van der Waals surface area contributed by atoms with Crippen molar-refractivity contribution < 1.29 is 9.90 Å². The monoisotopic (exact) mass is 197 g/mol. The first-order chi connectivity index (χ1) is 6.61. The van der Waals surface area contributed by atoms with Crippen molar-refractivity contribution in [2.45, 2.75) is 45.2 Å². The summed E-state index contributed by atoms with van der Waals surface area (Å²) in [5, 5.41) is 8.47. The van der Waals surface area contributed by atoms with Gasteiger partial charge in [-0.1, -0.05) is 12.5 Å². The highest BCUT2D eigenvalue weighted by molar-refractivity contribution is 5.79. The highest BCUT2D eigenvalue weighted by Gasteiger charge is 2.22. The van der Waals surface area contributed by atoms with Crippen LogP contribution in [0.2, 0.25) is 0 Å². The van der Waals surface area contributed by atoms with Crippen LogP contribution >= 0.6 is 0 Å². The molecular weight excluding hydrogens is 178 g/mol. The SMILES string of the molecule is C[C@@H]1CCC[C@H](C)N1C/C=C/C(=O)O. The van der Waals surface area contributed by atoms with Crippen molar-refractivity contribution in [1.82, 2.24) is 4.90 Å². The number of likely N-dealkylation sites (tertiary alicyclic amines) is 1. The van der Waals surface area contributed by atoms with E-state index < -0.39 is 5.97 Å². The van der Waals surface area contributed by atoms with Crippen LogP contribution in [0.25, 0.3) is 0 Å². The highest BCUT2D eigenvalue weighted by Crippen LogP contribution is 2.21. The fraction of sp³-hybridized carbons (Fsp3) is 0.727. The lowest BCUT2D eigenvalue weighted by Crippen LogP contribution is -2.43. The van der Waals surface area contributed by atoms with Crippen LogP contribution in [0, 0.1) is 0 Å². The zero-order valence-corrected chi connectivity index (χ0v) is 8.94. The van der Waals surface area contributed by atoms with Crippen LogP contribution in [0.5, 0.6) is 0 Å². The zero-order chi connectivity index (χ0) is 10.6. The van der Waals surface area contributed by atoms with Crippen LogP contribution in [0.4, 0.5) is 0 Å². The zero-order valence-electron chi connectivity index (χ0n) is 8.94. The molecule has 0 aliphatic carbocycles. The maximum absolute atomic E-state index is 10.3. The lowest BCUT2D eigenvalue weighted by Gasteiger charge is -2.38. The molecule has 3 heteroatoms. The van der Waals surface area contributed by atoms with Crippen LogP contribution < -0.4 is 0 Å². The number of hydrogen-bond acceptors (Lipinski definition) is 2. The van der Waals surface area contributed by atoms with Gasteiger partial charge in [-0.15, -0.1) is 0 Å². The topological polar surface area (TPSA) is 40.5 Å². The second kappa shape index (κ2) is 5.15. The predicted octanol–water partition coefficient (Wildman–Crippen LogP) is 1.89. The number of carboxylic acids is 1. The first-order valence-electron chi connectivity index (χ1n) is 5.26. The first kappa shape index (κ1) is 11.2. The van der Waals surface area contributed by atoms with E-state index in [1.165, 1.54) is 25.3 Å². The van der Waals surface area contributed by atoms with E-state index in [9.17, 15) is 4.79 Å². The van der Waals surface area contributed by atoms with Gasteiger partial charge in [0.2, 0.25) is 0 Å². The normalized spacial score (nSPS) is 29.6. The first-order valence-corrected chi connectivity index (χ1v) is 5.26. The average Bonchev–Trinajstić information content (AvgIpc) is 2.09. The van der Waals surface area contributed by atoms with Crippen LogP contribution in [-0.4, -0.2) is 34.6 Å². The lowest BCUT2D eigenvalue weighted by molar-refractivity contribution is -0.131. The van der Waals surface area contributed by atoms with Gasteiger partial charge in [0.15, 0.2) is 0 Å². The predicted molar refractivity (Wildman–Crippen MR) is 56.3 cm³/mol. The quantitative estimate of drug-likeness (QED) is 0.702. The molecule has 0 unspecified atom stereocenters. The fourth-order valence-electron chi connectivity index (χ4n) is 2.11. The average molecular weight is 197 g/mol.